The molecular formula is C20H33N7. The summed E-state index contributed by atoms with van der Waals surface area (Å²) >= 11 is 0. The van der Waals surface area contributed by atoms with E-state index in [9.17, 15) is 0 Å². The van der Waals surface area contributed by atoms with Crippen LogP contribution in [-0.4, -0.2) is 60.5 Å². The van der Waals surface area contributed by atoms with E-state index in [-0.39, 0.29) is 0 Å². The van der Waals surface area contributed by atoms with Crippen molar-refractivity contribution in [3.8, 4) is 0 Å². The van der Waals surface area contributed by atoms with Crippen LogP contribution in [0.4, 0.5) is 0 Å². The molecule has 2 aromatic heterocycles. The molecule has 148 valence electrons. The van der Waals surface area contributed by atoms with E-state index in [1.54, 1.807) is 0 Å². The Morgan fingerprint density at radius 1 is 0.963 bits per heavy atom. The van der Waals surface area contributed by atoms with E-state index < -0.39 is 0 Å². The summed E-state index contributed by atoms with van der Waals surface area (Å²) in [5.74, 6) is 2.75. The van der Waals surface area contributed by atoms with Gasteiger partial charge in [0.05, 0.1) is 12.7 Å². The monoisotopic (exact) mass is 371 g/mol. The lowest BCUT2D eigenvalue weighted by Gasteiger charge is -2.32. The van der Waals surface area contributed by atoms with E-state index in [1.807, 2.05) is 17.9 Å². The summed E-state index contributed by atoms with van der Waals surface area (Å²) in [5.41, 5.74) is 2.60. The van der Waals surface area contributed by atoms with Crippen molar-refractivity contribution < 1.29 is 0 Å². The summed E-state index contributed by atoms with van der Waals surface area (Å²) < 4.78 is 4.23. The lowest BCUT2D eigenvalue weighted by Crippen LogP contribution is -2.35. The highest BCUT2D eigenvalue weighted by molar-refractivity contribution is 5.16. The minimum atomic E-state index is 0.475. The predicted octanol–water partition coefficient (Wildman–Crippen LogP) is 2.22. The zero-order valence-corrected chi connectivity index (χ0v) is 17.1. The second kappa shape index (κ2) is 8.10. The first-order valence-corrected chi connectivity index (χ1v) is 10.4. The zero-order valence-electron chi connectivity index (χ0n) is 17.1. The molecule has 27 heavy (non-hydrogen) atoms. The SMILES string of the molecule is Cc1c(CN2CCCC(c3nnc(CN4CCCCC4)n3C)C2)cnn1C. The van der Waals surface area contributed by atoms with Crippen molar-refractivity contribution in [1.29, 1.82) is 0 Å². The average molecular weight is 372 g/mol. The van der Waals surface area contributed by atoms with Gasteiger partial charge in [0.2, 0.25) is 0 Å². The van der Waals surface area contributed by atoms with Gasteiger partial charge in [0.15, 0.2) is 0 Å². The smallest absolute Gasteiger partial charge is 0.146 e. The van der Waals surface area contributed by atoms with Crippen molar-refractivity contribution in [2.75, 3.05) is 26.2 Å². The van der Waals surface area contributed by atoms with E-state index in [0.29, 0.717) is 5.92 Å². The van der Waals surface area contributed by atoms with Crippen molar-refractivity contribution >= 4 is 0 Å². The molecule has 4 rings (SSSR count). The van der Waals surface area contributed by atoms with Gasteiger partial charge in [-0.05, 0) is 52.2 Å². The van der Waals surface area contributed by atoms with Crippen LogP contribution < -0.4 is 0 Å². The normalized spacial score (nSPS) is 22.4. The molecule has 1 unspecified atom stereocenters. The molecular weight excluding hydrogens is 338 g/mol. The van der Waals surface area contributed by atoms with E-state index in [4.69, 9.17) is 0 Å². The third-order valence-corrected chi connectivity index (χ3v) is 6.41. The van der Waals surface area contributed by atoms with Crippen molar-refractivity contribution in [3.05, 3.63) is 29.1 Å². The van der Waals surface area contributed by atoms with Crippen LogP contribution in [0.25, 0.3) is 0 Å². The molecule has 2 fully saturated rings. The van der Waals surface area contributed by atoms with Gasteiger partial charge in [-0.15, -0.1) is 10.2 Å². The summed E-state index contributed by atoms with van der Waals surface area (Å²) in [6, 6.07) is 0. The first kappa shape index (κ1) is 18.6. The van der Waals surface area contributed by atoms with Crippen LogP contribution in [-0.2, 0) is 27.2 Å². The summed E-state index contributed by atoms with van der Waals surface area (Å²) in [4.78, 5) is 5.08. The molecule has 0 saturated carbocycles. The number of rotatable bonds is 5. The zero-order chi connectivity index (χ0) is 18.8. The number of hydrogen-bond acceptors (Lipinski definition) is 5. The molecule has 0 spiro atoms. The Labute approximate surface area is 162 Å². The number of aromatic nitrogens is 5. The molecule has 0 amide bonds. The van der Waals surface area contributed by atoms with Crippen LogP contribution in [0, 0.1) is 6.92 Å². The van der Waals surface area contributed by atoms with E-state index in [0.717, 1.165) is 37.8 Å². The largest absolute Gasteiger partial charge is 0.317 e. The molecule has 7 heteroatoms. The number of likely N-dealkylation sites (tertiary alicyclic amines) is 2. The predicted molar refractivity (Wildman–Crippen MR) is 105 cm³/mol. The lowest BCUT2D eigenvalue weighted by molar-refractivity contribution is 0.193. The van der Waals surface area contributed by atoms with Crippen LogP contribution in [0.15, 0.2) is 6.20 Å². The highest BCUT2D eigenvalue weighted by Crippen LogP contribution is 2.27. The molecule has 0 bridgehead atoms. The molecule has 7 nitrogen and oxygen atoms in total. The van der Waals surface area contributed by atoms with E-state index >= 15 is 0 Å². The van der Waals surface area contributed by atoms with E-state index in [2.05, 4.69) is 43.6 Å². The van der Waals surface area contributed by atoms with Gasteiger partial charge in [-0.2, -0.15) is 5.10 Å². The second-order valence-electron chi connectivity index (χ2n) is 8.32. The second-order valence-corrected chi connectivity index (χ2v) is 8.32. The van der Waals surface area contributed by atoms with Crippen LogP contribution in [0.5, 0.6) is 0 Å². The van der Waals surface area contributed by atoms with Crippen LogP contribution in [0.2, 0.25) is 0 Å². The Kier molecular flexibility index (Phi) is 5.59. The van der Waals surface area contributed by atoms with Gasteiger partial charge in [-0.1, -0.05) is 6.42 Å². The van der Waals surface area contributed by atoms with Crippen molar-refractivity contribution in [1.82, 2.24) is 34.3 Å². The van der Waals surface area contributed by atoms with Gasteiger partial charge in [-0.3, -0.25) is 14.5 Å². The fraction of sp³-hybridized carbons (Fsp3) is 0.750. The highest BCUT2D eigenvalue weighted by atomic mass is 15.3. The van der Waals surface area contributed by atoms with Gasteiger partial charge in [0, 0.05) is 44.4 Å². The molecule has 2 aliphatic heterocycles. The molecule has 0 aliphatic carbocycles. The first-order chi connectivity index (χ1) is 13.1. The average Bonchev–Trinajstić information content (AvgIpc) is 3.20. The fourth-order valence-electron chi connectivity index (χ4n) is 4.54. The number of nitrogens with zero attached hydrogens (tertiary/aromatic N) is 7. The highest BCUT2D eigenvalue weighted by Gasteiger charge is 2.27. The maximum atomic E-state index is 4.61. The Morgan fingerprint density at radius 2 is 1.74 bits per heavy atom. The Bertz CT molecular complexity index is 756. The van der Waals surface area contributed by atoms with Gasteiger partial charge in [0.25, 0.3) is 0 Å². The molecule has 4 heterocycles. The number of piperidine rings is 2. The Morgan fingerprint density at radius 3 is 2.48 bits per heavy atom. The van der Waals surface area contributed by atoms with Crippen molar-refractivity contribution in [2.45, 2.75) is 58.0 Å². The van der Waals surface area contributed by atoms with Gasteiger partial charge in [-0.25, -0.2) is 0 Å². The molecule has 2 aromatic rings. The van der Waals surface area contributed by atoms with Crippen LogP contribution in [0.3, 0.4) is 0 Å². The minimum Gasteiger partial charge on any atom is -0.317 e. The summed E-state index contributed by atoms with van der Waals surface area (Å²) in [7, 11) is 4.17. The Balaban J connectivity index is 1.41. The van der Waals surface area contributed by atoms with Crippen molar-refractivity contribution in [2.24, 2.45) is 14.1 Å². The topological polar surface area (TPSA) is 55.0 Å². The Hall–Kier alpha value is -1.73. The maximum absolute atomic E-state index is 4.61. The lowest BCUT2D eigenvalue weighted by atomic mass is 9.96. The van der Waals surface area contributed by atoms with Crippen molar-refractivity contribution in [3.63, 3.8) is 0 Å². The van der Waals surface area contributed by atoms with E-state index in [1.165, 1.54) is 56.5 Å². The van der Waals surface area contributed by atoms with Gasteiger partial charge >= 0.3 is 0 Å². The number of hydrogen-bond donors (Lipinski definition) is 0. The van der Waals surface area contributed by atoms with Gasteiger partial charge in [0.1, 0.15) is 11.6 Å². The van der Waals surface area contributed by atoms with Crippen LogP contribution in [0.1, 0.15) is 60.9 Å². The third kappa shape index (κ3) is 4.09. The summed E-state index contributed by atoms with van der Waals surface area (Å²) in [5, 5.41) is 13.6. The maximum Gasteiger partial charge on any atom is 0.146 e. The standard InChI is InChI=1S/C20H33N7/c1-16-18(12-21-25(16)3)14-27-11-7-8-17(13-27)20-23-22-19(24(20)2)15-26-9-5-4-6-10-26/h12,17H,4-11,13-15H2,1-3H3. The molecule has 2 saturated heterocycles. The molecule has 0 N–H and O–H groups in total. The molecule has 1 atom stereocenters. The summed E-state index contributed by atoms with van der Waals surface area (Å²) in [6.45, 7) is 8.68. The quantitative estimate of drug-likeness (QED) is 0.807. The molecule has 0 aromatic carbocycles. The number of aryl methyl sites for hydroxylation is 1. The fourth-order valence-corrected chi connectivity index (χ4v) is 4.54. The minimum absolute atomic E-state index is 0.475. The summed E-state index contributed by atoms with van der Waals surface area (Å²) in [6.07, 6.45) is 8.44. The third-order valence-electron chi connectivity index (χ3n) is 6.41. The first-order valence-electron chi connectivity index (χ1n) is 10.4. The van der Waals surface area contributed by atoms with Gasteiger partial charge < -0.3 is 4.57 Å². The van der Waals surface area contributed by atoms with Crippen LogP contribution >= 0.6 is 0 Å². The molecule has 0 radical (unpaired) electrons. The molecule has 2 aliphatic rings.